The Bertz CT molecular complexity index is 144. The van der Waals surface area contributed by atoms with E-state index in [1.807, 2.05) is 0 Å². The van der Waals surface area contributed by atoms with Gasteiger partial charge in [-0.25, -0.2) is 5.01 Å². The summed E-state index contributed by atoms with van der Waals surface area (Å²) in [5.41, 5.74) is 0. The third-order valence-corrected chi connectivity index (χ3v) is 0.992. The van der Waals surface area contributed by atoms with Crippen molar-refractivity contribution in [1.82, 2.24) is 10.3 Å². The summed E-state index contributed by atoms with van der Waals surface area (Å²) in [5, 5.41) is 13.9. The van der Waals surface area contributed by atoms with Crippen molar-refractivity contribution in [2.45, 2.75) is 0 Å². The molecule has 5 nitrogen and oxygen atoms in total. The van der Waals surface area contributed by atoms with Crippen LogP contribution in [0.4, 0.5) is 0 Å². The fraction of sp³-hybridized carbons (Fsp3) is 0.333. The Morgan fingerprint density at radius 2 is 1.75 bits per heavy atom. The molecule has 12 heavy (non-hydrogen) atoms. The van der Waals surface area contributed by atoms with Crippen LogP contribution in [0.15, 0.2) is 30.6 Å². The molecule has 0 rings (SSSR count). The third-order valence-electron chi connectivity index (χ3n) is 0.992. The quantitative estimate of drug-likeness (QED) is 0.206. The SMILES string of the molecule is C=CCN(CC=C)N([O-])N=O.[Na+]. The minimum atomic E-state index is -0.0244. The topological polar surface area (TPSA) is 59.0 Å². The number of hydrazine groups is 1. The van der Waals surface area contributed by atoms with Crippen molar-refractivity contribution in [2.75, 3.05) is 13.1 Å². The molecule has 0 N–H and O–H groups in total. The summed E-state index contributed by atoms with van der Waals surface area (Å²) < 4.78 is 0. The predicted molar refractivity (Wildman–Crippen MR) is 43.0 cm³/mol. The second kappa shape index (κ2) is 8.89. The summed E-state index contributed by atoms with van der Waals surface area (Å²) in [6, 6.07) is 0. The van der Waals surface area contributed by atoms with Crippen LogP contribution in [-0.4, -0.2) is 23.4 Å². The fourth-order valence-electron chi connectivity index (χ4n) is 0.564. The molecule has 0 saturated carbocycles. The van der Waals surface area contributed by atoms with Gasteiger partial charge in [0.15, 0.2) is 0 Å². The maximum absolute atomic E-state index is 10.6. The molecule has 0 radical (unpaired) electrons. The summed E-state index contributed by atoms with van der Waals surface area (Å²) in [6.45, 7) is 7.39. The average Bonchev–Trinajstić information content (AvgIpc) is 2.03. The Kier molecular flexibility index (Phi) is 10.6. The van der Waals surface area contributed by atoms with Gasteiger partial charge in [-0.3, -0.25) is 5.28 Å². The van der Waals surface area contributed by atoms with Gasteiger partial charge in [0.25, 0.3) is 0 Å². The van der Waals surface area contributed by atoms with E-state index in [-0.39, 0.29) is 47.9 Å². The largest absolute Gasteiger partial charge is 1.00 e. The van der Waals surface area contributed by atoms with E-state index in [1.165, 1.54) is 12.2 Å². The van der Waals surface area contributed by atoms with Crippen molar-refractivity contribution in [1.29, 1.82) is 0 Å². The maximum Gasteiger partial charge on any atom is 1.00 e. The average molecular weight is 179 g/mol. The molecule has 0 aromatic heterocycles. The Labute approximate surface area is 93.5 Å². The standard InChI is InChI=1S/C6H10N3O2.Na/c1-3-5-8(6-4-2)9(11)7-10;/h3-4H,1-2,5-6H2;/q-1;+1. The number of rotatable bonds is 6. The number of nitroso groups, excluding NO2 is 1. The Morgan fingerprint density at radius 1 is 1.33 bits per heavy atom. The molecule has 0 atom stereocenters. The molecule has 0 amide bonds. The summed E-state index contributed by atoms with van der Waals surface area (Å²) in [5.74, 6) is 0. The number of hydrogen-bond donors (Lipinski definition) is 0. The Hall–Kier alpha value is -0.200. The van der Waals surface area contributed by atoms with Crippen molar-refractivity contribution in [2.24, 2.45) is 5.29 Å². The van der Waals surface area contributed by atoms with Crippen molar-refractivity contribution in [3.05, 3.63) is 35.4 Å². The van der Waals surface area contributed by atoms with Gasteiger partial charge >= 0.3 is 29.6 Å². The van der Waals surface area contributed by atoms with E-state index in [1.54, 1.807) is 0 Å². The second-order valence-electron chi connectivity index (χ2n) is 1.78. The van der Waals surface area contributed by atoms with E-state index in [9.17, 15) is 10.1 Å². The van der Waals surface area contributed by atoms with Crippen molar-refractivity contribution in [3.8, 4) is 0 Å². The summed E-state index contributed by atoms with van der Waals surface area (Å²) in [7, 11) is 0. The van der Waals surface area contributed by atoms with Gasteiger partial charge in [0.2, 0.25) is 0 Å². The van der Waals surface area contributed by atoms with E-state index in [0.29, 0.717) is 0 Å². The van der Waals surface area contributed by atoms with Crippen molar-refractivity contribution >= 4 is 0 Å². The molecule has 0 aliphatic heterocycles. The molecule has 0 fully saturated rings. The summed E-state index contributed by atoms with van der Waals surface area (Å²) >= 11 is 0. The molecular formula is C6H10N3NaO2. The first kappa shape index (κ1) is 14.3. The van der Waals surface area contributed by atoms with Gasteiger partial charge < -0.3 is 5.21 Å². The minimum Gasteiger partial charge on any atom is -0.724 e. The van der Waals surface area contributed by atoms with Crippen LogP contribution in [0.25, 0.3) is 0 Å². The van der Waals surface area contributed by atoms with E-state index in [0.717, 1.165) is 5.01 Å². The van der Waals surface area contributed by atoms with E-state index < -0.39 is 0 Å². The summed E-state index contributed by atoms with van der Waals surface area (Å²) in [4.78, 5) is 9.75. The van der Waals surface area contributed by atoms with Gasteiger partial charge in [0, 0.05) is 13.1 Å². The van der Waals surface area contributed by atoms with Crippen LogP contribution >= 0.6 is 0 Å². The van der Waals surface area contributed by atoms with E-state index in [4.69, 9.17) is 0 Å². The number of nitrogens with zero attached hydrogens (tertiary/aromatic N) is 3. The Morgan fingerprint density at radius 3 is 2.00 bits per heavy atom. The molecule has 0 aliphatic rings. The number of hydrogen-bond acceptors (Lipinski definition) is 4. The zero-order valence-electron chi connectivity index (χ0n) is 7.14. The molecule has 0 spiro atoms. The zero-order valence-corrected chi connectivity index (χ0v) is 9.14. The predicted octanol–water partition coefficient (Wildman–Crippen LogP) is -1.94. The second-order valence-corrected chi connectivity index (χ2v) is 1.78. The van der Waals surface area contributed by atoms with Crippen LogP contribution in [0.1, 0.15) is 0 Å². The molecule has 0 heterocycles. The van der Waals surface area contributed by atoms with Gasteiger partial charge in [-0.05, 0) is 0 Å². The normalized spacial score (nSPS) is 8.50. The van der Waals surface area contributed by atoms with Crippen molar-refractivity contribution in [3.63, 3.8) is 0 Å². The van der Waals surface area contributed by atoms with Crippen molar-refractivity contribution < 1.29 is 29.6 Å². The van der Waals surface area contributed by atoms with Crippen LogP contribution in [0.3, 0.4) is 0 Å². The minimum absolute atomic E-state index is 0. The molecule has 62 valence electrons. The zero-order chi connectivity index (χ0) is 8.69. The fourth-order valence-corrected chi connectivity index (χ4v) is 0.564. The molecule has 0 aromatic rings. The van der Waals surface area contributed by atoms with Crippen LogP contribution < -0.4 is 29.6 Å². The Balaban J connectivity index is 0. The first-order valence-electron chi connectivity index (χ1n) is 3.03. The smallest absolute Gasteiger partial charge is 0.724 e. The third kappa shape index (κ3) is 5.45. The molecule has 0 aromatic carbocycles. The monoisotopic (exact) mass is 179 g/mol. The first-order valence-corrected chi connectivity index (χ1v) is 3.03. The van der Waals surface area contributed by atoms with E-state index in [2.05, 4.69) is 18.4 Å². The van der Waals surface area contributed by atoms with Gasteiger partial charge in [0.1, 0.15) is 0 Å². The maximum atomic E-state index is 10.6. The molecule has 0 unspecified atom stereocenters. The molecular weight excluding hydrogens is 169 g/mol. The first-order chi connectivity index (χ1) is 5.26. The van der Waals surface area contributed by atoms with Crippen LogP contribution in [0.5, 0.6) is 0 Å². The summed E-state index contributed by atoms with van der Waals surface area (Å²) in [6.07, 6.45) is 3.00. The van der Waals surface area contributed by atoms with Gasteiger partial charge in [-0.15, -0.1) is 18.1 Å². The van der Waals surface area contributed by atoms with Crippen LogP contribution in [0.2, 0.25) is 0 Å². The molecule has 0 saturated heterocycles. The molecule has 6 heteroatoms. The van der Waals surface area contributed by atoms with E-state index >= 15 is 0 Å². The van der Waals surface area contributed by atoms with Crippen LogP contribution in [-0.2, 0) is 0 Å². The van der Waals surface area contributed by atoms with Crippen LogP contribution in [0, 0.1) is 10.1 Å². The van der Waals surface area contributed by atoms with Gasteiger partial charge in [-0.2, -0.15) is 0 Å². The van der Waals surface area contributed by atoms with Gasteiger partial charge in [-0.1, -0.05) is 12.2 Å². The molecule has 0 aliphatic carbocycles. The van der Waals surface area contributed by atoms with Gasteiger partial charge in [0.05, 0.1) is 5.29 Å². The molecule has 0 bridgehead atoms.